The van der Waals surface area contributed by atoms with Crippen LogP contribution in [0.15, 0.2) is 59.2 Å². The fourth-order valence-corrected chi connectivity index (χ4v) is 2.93. The zero-order chi connectivity index (χ0) is 20.0. The Morgan fingerprint density at radius 2 is 1.96 bits per heavy atom. The van der Waals surface area contributed by atoms with Crippen molar-refractivity contribution in [3.63, 3.8) is 0 Å². The van der Waals surface area contributed by atoms with Crippen LogP contribution in [0.25, 0.3) is 5.57 Å². The number of nitrogens with two attached hydrogens (primary N) is 1. The minimum atomic E-state index is -0.893. The summed E-state index contributed by atoms with van der Waals surface area (Å²) in [5, 5.41) is 9.11. The minimum Gasteiger partial charge on any atom is -0.481 e. The number of hydrogen-bond acceptors (Lipinski definition) is 4. The van der Waals surface area contributed by atoms with E-state index in [1.165, 1.54) is 0 Å². The summed E-state index contributed by atoms with van der Waals surface area (Å²) in [5.74, 6) is 0.308. The molecule has 0 saturated heterocycles. The Morgan fingerprint density at radius 1 is 1.22 bits per heavy atom. The quantitative estimate of drug-likeness (QED) is 0.367. The van der Waals surface area contributed by atoms with Crippen molar-refractivity contribution >= 4 is 24.2 Å². The summed E-state index contributed by atoms with van der Waals surface area (Å²) in [6.07, 6.45) is 1.82. The van der Waals surface area contributed by atoms with Crippen LogP contribution in [0, 0.1) is 6.92 Å². The largest absolute Gasteiger partial charge is 0.481 e. The maximum absolute atomic E-state index is 11.1. The number of ether oxygens (including phenoxy) is 1. The van der Waals surface area contributed by atoms with Gasteiger partial charge in [-0.3, -0.25) is 4.79 Å². The van der Waals surface area contributed by atoms with Crippen LogP contribution in [-0.2, 0) is 17.8 Å². The SMILES string of the molecule is C/C(S)=C(\C=C(/C)Oc1cc(C)ccc1CC(=O)O)c1cccc(CN)c1. The molecule has 0 bridgehead atoms. The molecule has 0 spiro atoms. The standard InChI is InChI=1S/C22H25NO3S/c1-14-7-8-19(12-22(24)25)21(9-14)26-15(2)10-20(16(3)27)18-6-4-5-17(11-18)13-23/h4-11,27H,12-13,23H2,1-3H3,(H,24,25)/b15-10+,20-16-. The lowest BCUT2D eigenvalue weighted by atomic mass is 10.0. The van der Waals surface area contributed by atoms with E-state index in [-0.39, 0.29) is 6.42 Å². The van der Waals surface area contributed by atoms with Crippen LogP contribution in [0.3, 0.4) is 0 Å². The molecule has 3 N–H and O–H groups in total. The number of carboxylic acids is 1. The van der Waals surface area contributed by atoms with Gasteiger partial charge in [0.1, 0.15) is 11.5 Å². The number of aliphatic carboxylic acids is 1. The van der Waals surface area contributed by atoms with Gasteiger partial charge in [0, 0.05) is 12.1 Å². The van der Waals surface area contributed by atoms with Gasteiger partial charge in [-0.2, -0.15) is 0 Å². The third kappa shape index (κ3) is 6.01. The third-order valence-electron chi connectivity index (χ3n) is 4.05. The van der Waals surface area contributed by atoms with Gasteiger partial charge in [0.15, 0.2) is 0 Å². The van der Waals surface area contributed by atoms with E-state index in [1.54, 1.807) is 6.07 Å². The van der Waals surface area contributed by atoms with Crippen LogP contribution >= 0.6 is 12.6 Å². The molecule has 0 fully saturated rings. The average molecular weight is 384 g/mol. The second-order valence-electron chi connectivity index (χ2n) is 6.44. The molecule has 0 atom stereocenters. The monoisotopic (exact) mass is 383 g/mol. The number of thiol groups is 1. The molecule has 0 saturated carbocycles. The first-order valence-electron chi connectivity index (χ1n) is 8.67. The van der Waals surface area contributed by atoms with Gasteiger partial charge in [0.05, 0.1) is 6.42 Å². The van der Waals surface area contributed by atoms with Crippen molar-refractivity contribution in [1.82, 2.24) is 0 Å². The average Bonchev–Trinajstić information content (AvgIpc) is 2.61. The number of allylic oxidation sites excluding steroid dienone is 4. The molecule has 0 radical (unpaired) electrons. The Morgan fingerprint density at radius 3 is 2.59 bits per heavy atom. The van der Waals surface area contributed by atoms with E-state index in [1.807, 2.05) is 63.2 Å². The molecular weight excluding hydrogens is 358 g/mol. The van der Waals surface area contributed by atoms with E-state index in [0.29, 0.717) is 23.6 Å². The summed E-state index contributed by atoms with van der Waals surface area (Å²) >= 11 is 4.52. The van der Waals surface area contributed by atoms with Crippen molar-refractivity contribution < 1.29 is 14.6 Å². The van der Waals surface area contributed by atoms with Crippen LogP contribution in [0.5, 0.6) is 5.75 Å². The Kier molecular flexibility index (Phi) is 7.28. The molecule has 0 aliphatic carbocycles. The first-order chi connectivity index (χ1) is 12.8. The summed E-state index contributed by atoms with van der Waals surface area (Å²) < 4.78 is 5.99. The van der Waals surface area contributed by atoms with Gasteiger partial charge >= 0.3 is 5.97 Å². The number of hydrogen-bond donors (Lipinski definition) is 3. The van der Waals surface area contributed by atoms with E-state index in [9.17, 15) is 4.79 Å². The fraction of sp³-hybridized carbons (Fsp3) is 0.227. The van der Waals surface area contributed by atoms with Crippen molar-refractivity contribution in [2.45, 2.75) is 33.7 Å². The molecule has 4 nitrogen and oxygen atoms in total. The molecular formula is C22H25NO3S. The van der Waals surface area contributed by atoms with E-state index in [4.69, 9.17) is 15.6 Å². The zero-order valence-electron chi connectivity index (χ0n) is 15.8. The summed E-state index contributed by atoms with van der Waals surface area (Å²) in [6.45, 7) is 6.17. The summed E-state index contributed by atoms with van der Waals surface area (Å²) in [7, 11) is 0. The molecule has 2 rings (SSSR count). The summed E-state index contributed by atoms with van der Waals surface area (Å²) in [4.78, 5) is 12.0. The lowest BCUT2D eigenvalue weighted by molar-refractivity contribution is -0.136. The third-order valence-corrected chi connectivity index (χ3v) is 4.29. The van der Waals surface area contributed by atoms with Gasteiger partial charge in [0.25, 0.3) is 0 Å². The first-order valence-corrected chi connectivity index (χ1v) is 9.11. The predicted octanol–water partition coefficient (Wildman–Crippen LogP) is 4.72. The molecule has 0 aromatic heterocycles. The van der Waals surface area contributed by atoms with E-state index >= 15 is 0 Å². The highest BCUT2D eigenvalue weighted by Crippen LogP contribution is 2.27. The first kappa shape index (κ1) is 20.8. The Bertz CT molecular complexity index is 896. The molecule has 0 aliphatic rings. The second-order valence-corrected chi connectivity index (χ2v) is 7.11. The number of aryl methyl sites for hydroxylation is 1. The lowest BCUT2D eigenvalue weighted by Crippen LogP contribution is -2.04. The van der Waals surface area contributed by atoms with Gasteiger partial charge < -0.3 is 15.6 Å². The number of benzene rings is 2. The van der Waals surface area contributed by atoms with Crippen LogP contribution < -0.4 is 10.5 Å². The second kappa shape index (κ2) is 9.44. The number of carboxylic acid groups (broad SMARTS) is 1. The number of carbonyl (C=O) groups is 1. The minimum absolute atomic E-state index is 0.0876. The van der Waals surface area contributed by atoms with Crippen molar-refractivity contribution in [1.29, 1.82) is 0 Å². The van der Waals surface area contributed by atoms with E-state index < -0.39 is 5.97 Å². The van der Waals surface area contributed by atoms with Crippen molar-refractivity contribution in [3.8, 4) is 5.75 Å². The maximum Gasteiger partial charge on any atom is 0.307 e. The molecule has 0 aliphatic heterocycles. The smallest absolute Gasteiger partial charge is 0.307 e. The van der Waals surface area contributed by atoms with Gasteiger partial charge in [-0.15, -0.1) is 12.6 Å². The van der Waals surface area contributed by atoms with Crippen LogP contribution in [0.1, 0.15) is 36.1 Å². The van der Waals surface area contributed by atoms with Gasteiger partial charge in [-0.1, -0.05) is 30.3 Å². The molecule has 27 heavy (non-hydrogen) atoms. The Hall–Kier alpha value is -2.50. The zero-order valence-corrected chi connectivity index (χ0v) is 16.7. The molecule has 0 amide bonds. The molecule has 142 valence electrons. The van der Waals surface area contributed by atoms with E-state index in [2.05, 4.69) is 12.6 Å². The van der Waals surface area contributed by atoms with Crippen molar-refractivity contribution in [3.05, 3.63) is 81.5 Å². The summed E-state index contributed by atoms with van der Waals surface area (Å²) in [5.41, 5.74) is 10.4. The topological polar surface area (TPSA) is 72.5 Å². The normalized spacial score (nSPS) is 12.6. The van der Waals surface area contributed by atoms with Gasteiger partial charge in [-0.05, 0) is 66.1 Å². The van der Waals surface area contributed by atoms with Gasteiger partial charge in [0.2, 0.25) is 0 Å². The highest BCUT2D eigenvalue weighted by Gasteiger charge is 2.10. The number of rotatable bonds is 7. The molecule has 2 aromatic carbocycles. The Labute approximate surface area is 165 Å². The molecule has 0 unspecified atom stereocenters. The molecule has 2 aromatic rings. The van der Waals surface area contributed by atoms with E-state index in [0.717, 1.165) is 27.2 Å². The van der Waals surface area contributed by atoms with Crippen LogP contribution in [0.2, 0.25) is 0 Å². The van der Waals surface area contributed by atoms with Crippen LogP contribution in [0.4, 0.5) is 0 Å². The maximum atomic E-state index is 11.1. The Balaban J connectivity index is 2.36. The van der Waals surface area contributed by atoms with Crippen LogP contribution in [-0.4, -0.2) is 11.1 Å². The molecule has 5 heteroatoms. The highest BCUT2D eigenvalue weighted by atomic mass is 32.1. The summed E-state index contributed by atoms with van der Waals surface area (Å²) in [6, 6.07) is 13.5. The van der Waals surface area contributed by atoms with Crippen molar-refractivity contribution in [2.75, 3.05) is 0 Å². The fourth-order valence-electron chi connectivity index (χ4n) is 2.73. The molecule has 0 heterocycles. The van der Waals surface area contributed by atoms with Gasteiger partial charge in [-0.25, -0.2) is 0 Å². The predicted molar refractivity (Wildman–Crippen MR) is 113 cm³/mol. The lowest BCUT2D eigenvalue weighted by Gasteiger charge is -2.13. The highest BCUT2D eigenvalue weighted by molar-refractivity contribution is 7.84. The van der Waals surface area contributed by atoms with Crippen molar-refractivity contribution in [2.24, 2.45) is 5.73 Å².